The second-order valence-corrected chi connectivity index (χ2v) is 1.88. The molecular formula is C7H14ClNO2. The molecule has 0 fully saturated rings. The van der Waals surface area contributed by atoms with Crippen LogP contribution >= 0.6 is 12.4 Å². The lowest BCUT2D eigenvalue weighted by molar-refractivity contribution is -0.138. The van der Waals surface area contributed by atoms with Crippen molar-refractivity contribution < 1.29 is 9.53 Å². The molecule has 66 valence electrons. The standard InChI is InChI=1S/C7H13NO2.ClH/c1-3-6(2)7(9)10-5-4-8;/h2-5,8H2,1H3;1H. The van der Waals surface area contributed by atoms with Crippen molar-refractivity contribution in [3.05, 3.63) is 12.2 Å². The second-order valence-electron chi connectivity index (χ2n) is 1.88. The molecule has 0 saturated carbocycles. The van der Waals surface area contributed by atoms with Crippen LogP contribution in [0.3, 0.4) is 0 Å². The molecule has 0 aromatic heterocycles. The van der Waals surface area contributed by atoms with Gasteiger partial charge in [-0.1, -0.05) is 13.5 Å². The molecule has 0 aromatic carbocycles. The number of halogens is 1. The molecule has 2 N–H and O–H groups in total. The summed E-state index contributed by atoms with van der Waals surface area (Å²) in [7, 11) is 0. The molecule has 0 unspecified atom stereocenters. The quantitative estimate of drug-likeness (QED) is 0.515. The highest BCUT2D eigenvalue weighted by Crippen LogP contribution is 1.98. The molecule has 0 heterocycles. The SMILES string of the molecule is C=C(CC)C(=O)OCCN.Cl. The van der Waals surface area contributed by atoms with Crippen molar-refractivity contribution in [2.45, 2.75) is 13.3 Å². The Hall–Kier alpha value is -0.540. The van der Waals surface area contributed by atoms with Crippen molar-refractivity contribution in [3.63, 3.8) is 0 Å². The lowest BCUT2D eigenvalue weighted by atomic mass is 10.2. The van der Waals surface area contributed by atoms with E-state index in [1.54, 1.807) is 0 Å². The largest absolute Gasteiger partial charge is 0.461 e. The van der Waals surface area contributed by atoms with E-state index in [-0.39, 0.29) is 25.0 Å². The lowest BCUT2D eigenvalue weighted by Crippen LogP contribution is -2.14. The van der Waals surface area contributed by atoms with Gasteiger partial charge in [-0.2, -0.15) is 0 Å². The minimum Gasteiger partial charge on any atom is -0.461 e. The molecule has 0 spiro atoms. The summed E-state index contributed by atoms with van der Waals surface area (Å²) in [4.78, 5) is 10.8. The maximum Gasteiger partial charge on any atom is 0.333 e. The average molecular weight is 180 g/mol. The van der Waals surface area contributed by atoms with Crippen LogP contribution in [0.5, 0.6) is 0 Å². The van der Waals surface area contributed by atoms with E-state index in [0.717, 1.165) is 0 Å². The summed E-state index contributed by atoms with van der Waals surface area (Å²) in [5.41, 5.74) is 5.61. The van der Waals surface area contributed by atoms with Crippen LogP contribution in [-0.4, -0.2) is 19.1 Å². The maximum absolute atomic E-state index is 10.8. The Kier molecular flexibility index (Phi) is 9.00. The zero-order valence-corrected chi connectivity index (χ0v) is 7.45. The molecule has 0 aromatic rings. The highest BCUT2D eigenvalue weighted by molar-refractivity contribution is 5.87. The molecule has 0 bridgehead atoms. The second kappa shape index (κ2) is 7.57. The summed E-state index contributed by atoms with van der Waals surface area (Å²) < 4.78 is 4.68. The molecule has 0 rings (SSSR count). The Morgan fingerprint density at radius 3 is 2.55 bits per heavy atom. The lowest BCUT2D eigenvalue weighted by Gasteiger charge is -2.02. The number of esters is 1. The van der Waals surface area contributed by atoms with Crippen molar-refractivity contribution in [1.82, 2.24) is 0 Å². The fourth-order valence-corrected chi connectivity index (χ4v) is 0.398. The van der Waals surface area contributed by atoms with Crippen molar-refractivity contribution in [2.24, 2.45) is 5.73 Å². The molecule has 11 heavy (non-hydrogen) atoms. The molecule has 0 amide bonds. The van der Waals surface area contributed by atoms with Gasteiger partial charge < -0.3 is 10.5 Å². The number of hydrogen-bond acceptors (Lipinski definition) is 3. The first-order chi connectivity index (χ1) is 4.72. The summed E-state index contributed by atoms with van der Waals surface area (Å²) >= 11 is 0. The van der Waals surface area contributed by atoms with Crippen molar-refractivity contribution in [1.29, 1.82) is 0 Å². The van der Waals surface area contributed by atoms with Gasteiger partial charge in [0, 0.05) is 12.1 Å². The van der Waals surface area contributed by atoms with Gasteiger partial charge in [0.25, 0.3) is 0 Å². The van der Waals surface area contributed by atoms with Crippen LogP contribution in [-0.2, 0) is 9.53 Å². The number of ether oxygens (including phenoxy) is 1. The fourth-order valence-electron chi connectivity index (χ4n) is 0.398. The summed E-state index contributed by atoms with van der Waals surface area (Å²) in [6.45, 7) is 6.00. The van der Waals surface area contributed by atoms with E-state index in [1.165, 1.54) is 0 Å². The van der Waals surface area contributed by atoms with Gasteiger partial charge >= 0.3 is 5.97 Å². The highest BCUT2D eigenvalue weighted by atomic mass is 35.5. The summed E-state index contributed by atoms with van der Waals surface area (Å²) in [5.74, 6) is -0.340. The van der Waals surface area contributed by atoms with Crippen LogP contribution in [0.2, 0.25) is 0 Å². The van der Waals surface area contributed by atoms with E-state index in [2.05, 4.69) is 11.3 Å². The zero-order chi connectivity index (χ0) is 7.98. The van der Waals surface area contributed by atoms with Crippen LogP contribution in [0.15, 0.2) is 12.2 Å². The van der Waals surface area contributed by atoms with E-state index in [1.807, 2.05) is 6.92 Å². The van der Waals surface area contributed by atoms with Gasteiger partial charge in [0.15, 0.2) is 0 Å². The van der Waals surface area contributed by atoms with E-state index < -0.39 is 0 Å². The third-order valence-electron chi connectivity index (χ3n) is 1.07. The summed E-state index contributed by atoms with van der Waals surface area (Å²) in [5, 5.41) is 0. The Labute approximate surface area is 73.0 Å². The third-order valence-corrected chi connectivity index (χ3v) is 1.07. The average Bonchev–Trinajstić information content (AvgIpc) is 1.98. The Morgan fingerprint density at radius 1 is 1.64 bits per heavy atom. The normalized spacial score (nSPS) is 8.18. The minimum atomic E-state index is -0.340. The Morgan fingerprint density at radius 2 is 2.18 bits per heavy atom. The van der Waals surface area contributed by atoms with E-state index in [4.69, 9.17) is 5.73 Å². The van der Waals surface area contributed by atoms with Gasteiger partial charge in [0.1, 0.15) is 6.61 Å². The molecule has 0 saturated heterocycles. The molecule has 0 aliphatic rings. The number of carbonyl (C=O) groups excluding carboxylic acids is 1. The number of carbonyl (C=O) groups is 1. The zero-order valence-electron chi connectivity index (χ0n) is 6.63. The van der Waals surface area contributed by atoms with Gasteiger partial charge in [0.05, 0.1) is 0 Å². The van der Waals surface area contributed by atoms with E-state index >= 15 is 0 Å². The molecule has 0 aliphatic heterocycles. The fraction of sp³-hybridized carbons (Fsp3) is 0.571. The first-order valence-electron chi connectivity index (χ1n) is 3.27. The first kappa shape index (κ1) is 13.1. The van der Waals surface area contributed by atoms with Gasteiger partial charge in [0.2, 0.25) is 0 Å². The maximum atomic E-state index is 10.8. The molecule has 0 atom stereocenters. The van der Waals surface area contributed by atoms with Crippen molar-refractivity contribution in [3.8, 4) is 0 Å². The summed E-state index contributed by atoms with van der Waals surface area (Å²) in [6, 6.07) is 0. The van der Waals surface area contributed by atoms with Gasteiger partial charge in [-0.05, 0) is 6.42 Å². The number of hydrogen-bond donors (Lipinski definition) is 1. The highest BCUT2D eigenvalue weighted by Gasteiger charge is 2.03. The Bertz CT molecular complexity index is 136. The Balaban J connectivity index is 0. The molecule has 0 radical (unpaired) electrons. The van der Waals surface area contributed by atoms with Crippen LogP contribution in [0, 0.1) is 0 Å². The van der Waals surface area contributed by atoms with E-state index in [9.17, 15) is 4.79 Å². The van der Waals surface area contributed by atoms with Gasteiger partial charge in [-0.3, -0.25) is 0 Å². The predicted octanol–water partition coefficient (Wildman–Crippen LogP) is 0.876. The van der Waals surface area contributed by atoms with E-state index in [0.29, 0.717) is 18.5 Å². The molecular weight excluding hydrogens is 166 g/mol. The predicted molar refractivity (Wildman–Crippen MR) is 46.7 cm³/mol. The number of nitrogens with two attached hydrogens (primary N) is 1. The smallest absolute Gasteiger partial charge is 0.333 e. The van der Waals surface area contributed by atoms with Crippen LogP contribution in [0.1, 0.15) is 13.3 Å². The van der Waals surface area contributed by atoms with Crippen LogP contribution in [0.4, 0.5) is 0 Å². The van der Waals surface area contributed by atoms with Gasteiger partial charge in [-0.15, -0.1) is 12.4 Å². The monoisotopic (exact) mass is 179 g/mol. The molecule has 3 nitrogen and oxygen atoms in total. The van der Waals surface area contributed by atoms with Crippen molar-refractivity contribution >= 4 is 18.4 Å². The first-order valence-corrected chi connectivity index (χ1v) is 3.27. The minimum absolute atomic E-state index is 0. The number of rotatable bonds is 4. The third kappa shape index (κ3) is 5.88. The van der Waals surface area contributed by atoms with Crippen LogP contribution in [0.25, 0.3) is 0 Å². The topological polar surface area (TPSA) is 52.3 Å². The molecule has 4 heteroatoms. The molecule has 0 aliphatic carbocycles. The van der Waals surface area contributed by atoms with Gasteiger partial charge in [-0.25, -0.2) is 4.79 Å². The van der Waals surface area contributed by atoms with Crippen LogP contribution < -0.4 is 5.73 Å². The summed E-state index contributed by atoms with van der Waals surface area (Å²) in [6.07, 6.45) is 0.628. The van der Waals surface area contributed by atoms with Crippen molar-refractivity contribution in [2.75, 3.05) is 13.2 Å².